The van der Waals surface area contributed by atoms with Gasteiger partial charge in [-0.2, -0.15) is 10.5 Å². The molecule has 3 heterocycles. The van der Waals surface area contributed by atoms with Gasteiger partial charge in [-0.3, -0.25) is 0 Å². The minimum Gasteiger partial charge on any atom is -0.318 e. The standard InChI is InChI=1S/C72H64N6S/c1-9-11-22-46(3)75(54-24-13-12-14-25-54)55-34-36-66-61(41-55)60-38-51-37-50-23-15-18-28-62(50)72(7,8)63(51)43-69(60)78(66)68-40-52(44-73)67(39-53(68)45-74)76(56-33-35-57-49(6)70(21-10-2)79-71(57)42-56)47(4)31-32-48(5)77-64-29-19-16-26-58(64)59-27-17-20-30-65(59)77/h9-13,15-19,21-24,26-29,31-36,38-43H,14,20,25,30,37H2,1-8H3/b11-9-,21-10-,46-22+,47-31+,48-32+. The molecule has 0 bridgehead atoms. The smallest absolute Gasteiger partial charge is 0.101 e. The number of rotatable bonds is 11. The average molecular weight is 1050 g/mol. The Morgan fingerprint density at radius 1 is 0.671 bits per heavy atom. The van der Waals surface area contributed by atoms with Crippen LogP contribution < -0.4 is 9.80 Å². The summed E-state index contributed by atoms with van der Waals surface area (Å²) >= 11 is 1.77. The normalized spacial score (nSPS) is 15.3. The van der Waals surface area contributed by atoms with Crippen molar-refractivity contribution < 1.29 is 0 Å². The Morgan fingerprint density at radius 3 is 2.23 bits per heavy atom. The van der Waals surface area contributed by atoms with Crippen LogP contribution in [0.1, 0.15) is 123 Å². The molecule has 0 radical (unpaired) electrons. The van der Waals surface area contributed by atoms with Crippen molar-refractivity contribution in [2.75, 3.05) is 9.80 Å². The number of aromatic nitrogens is 2. The number of fused-ring (bicyclic) bond motifs is 9. The van der Waals surface area contributed by atoms with Gasteiger partial charge in [-0.15, -0.1) is 11.3 Å². The number of thiophene rings is 1. The van der Waals surface area contributed by atoms with Crippen LogP contribution in [-0.2, 0) is 18.3 Å². The molecule has 9 aromatic rings. The summed E-state index contributed by atoms with van der Waals surface area (Å²) in [6, 6.07) is 44.9. The molecule has 6 aromatic carbocycles. The van der Waals surface area contributed by atoms with E-state index in [9.17, 15) is 10.5 Å². The first kappa shape index (κ1) is 50.9. The fourth-order valence-electron chi connectivity index (χ4n) is 12.8. The van der Waals surface area contributed by atoms with E-state index in [0.29, 0.717) is 22.5 Å². The number of anilines is 3. The molecule has 3 aliphatic carbocycles. The fourth-order valence-corrected chi connectivity index (χ4v) is 14.1. The van der Waals surface area contributed by atoms with E-state index in [1.54, 1.807) is 11.3 Å². The Morgan fingerprint density at radius 2 is 1.43 bits per heavy atom. The van der Waals surface area contributed by atoms with Crippen LogP contribution in [0.15, 0.2) is 187 Å². The molecule has 3 aromatic heterocycles. The highest BCUT2D eigenvalue weighted by Crippen LogP contribution is 2.47. The molecule has 0 spiro atoms. The Labute approximate surface area is 468 Å². The van der Waals surface area contributed by atoms with E-state index in [4.69, 9.17) is 0 Å². The van der Waals surface area contributed by atoms with E-state index in [2.05, 4.69) is 250 Å². The highest BCUT2D eigenvalue weighted by molar-refractivity contribution is 7.20. The SMILES string of the molecule is C/C=C\C=C(/C)N(C1=CC=CCC1)c1ccc2c(c1)c1cc3c(cc1n2-c1cc(C#N)c(N(/C(C)=C/C=C(\C)n2c4c(c5ccccc52)C=CCC4)c2ccc4c(C)c(/C=C\C)sc4c2)cc1C#N)C(C)(C)c1ccccc1C3. The van der Waals surface area contributed by atoms with Crippen molar-refractivity contribution in [2.45, 2.75) is 92.9 Å². The van der Waals surface area contributed by atoms with Gasteiger partial charge in [0.15, 0.2) is 0 Å². The second kappa shape index (κ2) is 20.5. The van der Waals surface area contributed by atoms with Gasteiger partial charge in [0.25, 0.3) is 0 Å². The van der Waals surface area contributed by atoms with Crippen molar-refractivity contribution in [3.8, 4) is 17.8 Å². The minimum absolute atomic E-state index is 0.283. The monoisotopic (exact) mass is 1040 g/mol. The number of hydrogen-bond donors (Lipinski definition) is 0. The molecule has 7 heteroatoms. The zero-order valence-corrected chi connectivity index (χ0v) is 47.3. The third-order valence-corrected chi connectivity index (χ3v) is 17.8. The molecule has 0 saturated carbocycles. The van der Waals surface area contributed by atoms with Gasteiger partial charge in [0.05, 0.1) is 39.1 Å². The van der Waals surface area contributed by atoms with Crippen molar-refractivity contribution >= 4 is 89.0 Å². The number of nitriles is 2. The van der Waals surface area contributed by atoms with Gasteiger partial charge < -0.3 is 18.9 Å². The van der Waals surface area contributed by atoms with Gasteiger partial charge in [0.2, 0.25) is 0 Å². The maximum Gasteiger partial charge on any atom is 0.101 e. The first-order chi connectivity index (χ1) is 38.4. The van der Waals surface area contributed by atoms with E-state index in [1.807, 2.05) is 19.1 Å². The average Bonchev–Trinajstić information content (AvgIpc) is 4.31. The summed E-state index contributed by atoms with van der Waals surface area (Å²) in [4.78, 5) is 5.78. The van der Waals surface area contributed by atoms with Gasteiger partial charge in [0.1, 0.15) is 12.1 Å². The molecule has 0 saturated heterocycles. The van der Waals surface area contributed by atoms with E-state index >= 15 is 0 Å². The van der Waals surface area contributed by atoms with Crippen molar-refractivity contribution in [1.29, 1.82) is 10.5 Å². The Kier molecular flexibility index (Phi) is 13.2. The molecular weight excluding hydrogens is 981 g/mol. The number of hydrogen-bond acceptors (Lipinski definition) is 5. The molecule has 0 fully saturated rings. The number of allylic oxidation sites excluding steroid dienone is 14. The second-order valence-corrected chi connectivity index (χ2v) is 22.9. The first-order valence-corrected chi connectivity index (χ1v) is 28.5. The summed E-state index contributed by atoms with van der Waals surface area (Å²) in [5.74, 6) is 0. The number of aryl methyl sites for hydroxylation is 1. The van der Waals surface area contributed by atoms with Crippen LogP contribution in [0.25, 0.3) is 66.3 Å². The van der Waals surface area contributed by atoms with Crippen LogP contribution in [0.5, 0.6) is 0 Å². The molecular formula is C72H64N6S. The molecule has 388 valence electrons. The van der Waals surface area contributed by atoms with Gasteiger partial charge >= 0.3 is 0 Å². The lowest BCUT2D eigenvalue weighted by Crippen LogP contribution is -2.27. The minimum atomic E-state index is -0.283. The number of nitrogens with zero attached hydrogens (tertiary/aromatic N) is 6. The van der Waals surface area contributed by atoms with Crippen LogP contribution in [0, 0.1) is 29.6 Å². The third kappa shape index (κ3) is 8.61. The summed E-state index contributed by atoms with van der Waals surface area (Å²) in [7, 11) is 0. The molecule has 0 unspecified atom stereocenters. The molecule has 3 aliphatic rings. The third-order valence-electron chi connectivity index (χ3n) is 16.6. The van der Waals surface area contributed by atoms with Crippen molar-refractivity contribution in [1.82, 2.24) is 9.13 Å². The molecule has 0 N–H and O–H groups in total. The quantitative estimate of drug-likeness (QED) is 0.121. The molecule has 0 aliphatic heterocycles. The van der Waals surface area contributed by atoms with E-state index < -0.39 is 0 Å². The van der Waals surface area contributed by atoms with Gasteiger partial charge in [-0.25, -0.2) is 0 Å². The first-order valence-electron chi connectivity index (χ1n) is 27.7. The van der Waals surface area contributed by atoms with Crippen LogP contribution in [0.4, 0.5) is 17.1 Å². The number of para-hydroxylation sites is 1. The number of benzene rings is 6. The van der Waals surface area contributed by atoms with Crippen LogP contribution in [-0.4, -0.2) is 9.13 Å². The topological polar surface area (TPSA) is 63.9 Å². The zero-order chi connectivity index (χ0) is 54.7. The maximum atomic E-state index is 11.6. The highest BCUT2D eigenvalue weighted by Gasteiger charge is 2.34. The lowest BCUT2D eigenvalue weighted by atomic mass is 9.69. The summed E-state index contributed by atoms with van der Waals surface area (Å²) in [5.41, 5.74) is 20.6. The van der Waals surface area contributed by atoms with E-state index in [-0.39, 0.29) is 5.41 Å². The fraction of sp³-hybridized carbons (Fsp3) is 0.194. The van der Waals surface area contributed by atoms with Crippen molar-refractivity contribution in [2.24, 2.45) is 0 Å². The molecule has 12 rings (SSSR count). The van der Waals surface area contributed by atoms with Crippen LogP contribution in [0.3, 0.4) is 0 Å². The zero-order valence-electron chi connectivity index (χ0n) is 46.4. The largest absolute Gasteiger partial charge is 0.318 e. The van der Waals surface area contributed by atoms with Gasteiger partial charge in [-0.05, 0) is 198 Å². The van der Waals surface area contributed by atoms with E-state index in [0.717, 1.165) is 87.1 Å². The lowest BCUT2D eigenvalue weighted by molar-refractivity contribution is 0.611. The van der Waals surface area contributed by atoms with Crippen molar-refractivity contribution in [3.05, 3.63) is 242 Å². The predicted octanol–water partition coefficient (Wildman–Crippen LogP) is 19.4. The van der Waals surface area contributed by atoms with Crippen LogP contribution in [0.2, 0.25) is 0 Å². The Bertz CT molecular complexity index is 4360. The highest BCUT2D eigenvalue weighted by atomic mass is 32.1. The molecule has 0 amide bonds. The summed E-state index contributed by atoms with van der Waals surface area (Å²) < 4.78 is 5.82. The predicted molar refractivity (Wildman–Crippen MR) is 336 cm³/mol. The van der Waals surface area contributed by atoms with Gasteiger partial charge in [-0.1, -0.05) is 105 Å². The van der Waals surface area contributed by atoms with Gasteiger partial charge in [0, 0.05) is 76.6 Å². The Balaban J connectivity index is 1.08. The lowest BCUT2D eigenvalue weighted by Gasteiger charge is -2.35. The Hall–Kier alpha value is -8.88. The summed E-state index contributed by atoms with van der Waals surface area (Å²) in [5, 5.41) is 27.8. The molecule has 6 nitrogen and oxygen atoms in total. The molecule has 0 atom stereocenters. The van der Waals surface area contributed by atoms with Crippen molar-refractivity contribution in [3.63, 3.8) is 0 Å². The summed E-state index contributed by atoms with van der Waals surface area (Å²) in [6.45, 7) is 17.4. The van der Waals surface area contributed by atoms with E-state index in [1.165, 1.54) is 65.9 Å². The second-order valence-electron chi connectivity index (χ2n) is 21.8. The molecule has 79 heavy (non-hydrogen) atoms. The maximum absolute atomic E-state index is 11.6. The van der Waals surface area contributed by atoms with Crippen LogP contribution >= 0.6 is 11.3 Å². The summed E-state index contributed by atoms with van der Waals surface area (Å²) in [6.07, 6.45) is 30.9.